The van der Waals surface area contributed by atoms with E-state index >= 15 is 0 Å². The molecule has 0 spiro atoms. The molecule has 0 bridgehead atoms. The van der Waals surface area contributed by atoms with Crippen molar-refractivity contribution >= 4 is 5.69 Å². The van der Waals surface area contributed by atoms with Gasteiger partial charge in [0.1, 0.15) is 5.69 Å². The first kappa shape index (κ1) is 12.9. The maximum Gasteiger partial charge on any atom is 0.290 e. The van der Waals surface area contributed by atoms with E-state index in [2.05, 4.69) is 27.7 Å². The van der Waals surface area contributed by atoms with Crippen LogP contribution in [0.4, 0.5) is 5.69 Å². The SMILES string of the molecule is CCCCn1c(=O)c(N)c(C(C)(C)C)n1C. The van der Waals surface area contributed by atoms with E-state index in [0.29, 0.717) is 5.69 Å². The summed E-state index contributed by atoms with van der Waals surface area (Å²) in [6.45, 7) is 9.07. The Hall–Kier alpha value is -1.19. The highest BCUT2D eigenvalue weighted by atomic mass is 16.1. The van der Waals surface area contributed by atoms with Crippen molar-refractivity contribution in [3.05, 3.63) is 16.0 Å². The number of unbranched alkanes of at least 4 members (excludes halogenated alkanes) is 1. The summed E-state index contributed by atoms with van der Waals surface area (Å²) in [5.41, 5.74) is 7.07. The first-order valence-corrected chi connectivity index (χ1v) is 5.86. The zero-order chi connectivity index (χ0) is 12.5. The second-order valence-electron chi connectivity index (χ2n) is 5.32. The molecular formula is C12H23N3O. The molecule has 2 N–H and O–H groups in total. The molecule has 0 aliphatic heterocycles. The molecular weight excluding hydrogens is 202 g/mol. The lowest BCUT2D eigenvalue weighted by molar-refractivity contribution is 0.431. The van der Waals surface area contributed by atoms with E-state index in [1.807, 2.05) is 11.7 Å². The molecule has 0 aromatic carbocycles. The highest BCUT2D eigenvalue weighted by Gasteiger charge is 2.25. The molecule has 0 amide bonds. The predicted octanol–water partition coefficient (Wildman–Crippen LogP) is 1.87. The Morgan fingerprint density at radius 3 is 2.25 bits per heavy atom. The number of aromatic nitrogens is 2. The van der Waals surface area contributed by atoms with Gasteiger partial charge in [-0.1, -0.05) is 34.1 Å². The fraction of sp³-hybridized carbons (Fsp3) is 0.750. The number of anilines is 1. The van der Waals surface area contributed by atoms with E-state index in [9.17, 15) is 4.79 Å². The molecule has 1 rings (SSSR count). The van der Waals surface area contributed by atoms with Gasteiger partial charge in [-0.25, -0.2) is 4.68 Å². The van der Waals surface area contributed by atoms with Crippen LogP contribution in [0.5, 0.6) is 0 Å². The lowest BCUT2D eigenvalue weighted by atomic mass is 9.91. The van der Waals surface area contributed by atoms with Gasteiger partial charge in [-0.2, -0.15) is 0 Å². The molecule has 0 atom stereocenters. The molecule has 0 radical (unpaired) electrons. The lowest BCUT2D eigenvalue weighted by Gasteiger charge is -2.21. The fourth-order valence-electron chi connectivity index (χ4n) is 2.12. The number of nitrogen functional groups attached to an aromatic ring is 1. The van der Waals surface area contributed by atoms with Crippen LogP contribution >= 0.6 is 0 Å². The Balaban J connectivity index is 3.29. The minimum atomic E-state index is -0.102. The summed E-state index contributed by atoms with van der Waals surface area (Å²) in [4.78, 5) is 12.0. The highest BCUT2D eigenvalue weighted by Crippen LogP contribution is 2.25. The second-order valence-corrected chi connectivity index (χ2v) is 5.32. The van der Waals surface area contributed by atoms with Crippen molar-refractivity contribution in [3.8, 4) is 0 Å². The molecule has 1 aromatic rings. The van der Waals surface area contributed by atoms with Gasteiger partial charge >= 0.3 is 0 Å². The Morgan fingerprint density at radius 2 is 1.88 bits per heavy atom. The van der Waals surface area contributed by atoms with Gasteiger partial charge in [-0.05, 0) is 6.42 Å². The minimum absolute atomic E-state index is 0.0547. The first-order chi connectivity index (χ1) is 7.30. The van der Waals surface area contributed by atoms with Gasteiger partial charge in [-0.15, -0.1) is 0 Å². The summed E-state index contributed by atoms with van der Waals surface area (Å²) in [5.74, 6) is 0. The molecule has 92 valence electrons. The van der Waals surface area contributed by atoms with Crippen LogP contribution in [-0.2, 0) is 19.0 Å². The molecule has 1 aromatic heterocycles. The van der Waals surface area contributed by atoms with Gasteiger partial charge in [0.05, 0.1) is 5.69 Å². The number of nitrogens with zero attached hydrogens (tertiary/aromatic N) is 2. The maximum atomic E-state index is 12.0. The molecule has 0 saturated heterocycles. The van der Waals surface area contributed by atoms with Crippen LogP contribution in [-0.4, -0.2) is 9.36 Å². The number of nitrogens with two attached hydrogens (primary N) is 1. The van der Waals surface area contributed by atoms with Crippen molar-refractivity contribution in [1.29, 1.82) is 0 Å². The lowest BCUT2D eigenvalue weighted by Crippen LogP contribution is -2.23. The molecule has 4 nitrogen and oxygen atoms in total. The standard InChI is InChI=1S/C12H23N3O/c1-6-7-8-15-11(16)9(13)10(14(15)5)12(2,3)4/h6-8,13H2,1-5H3. The predicted molar refractivity (Wildman–Crippen MR) is 67.7 cm³/mol. The third kappa shape index (κ3) is 2.15. The molecule has 4 heteroatoms. The van der Waals surface area contributed by atoms with Crippen LogP contribution in [0.15, 0.2) is 4.79 Å². The fourth-order valence-corrected chi connectivity index (χ4v) is 2.12. The maximum absolute atomic E-state index is 12.0. The van der Waals surface area contributed by atoms with E-state index in [-0.39, 0.29) is 11.0 Å². The second kappa shape index (κ2) is 4.36. The monoisotopic (exact) mass is 225 g/mol. The van der Waals surface area contributed by atoms with Crippen LogP contribution < -0.4 is 11.3 Å². The van der Waals surface area contributed by atoms with Gasteiger partial charge in [0.15, 0.2) is 0 Å². The number of hydrogen-bond donors (Lipinski definition) is 1. The minimum Gasteiger partial charge on any atom is -0.393 e. The van der Waals surface area contributed by atoms with Crippen molar-refractivity contribution in [1.82, 2.24) is 9.36 Å². The van der Waals surface area contributed by atoms with E-state index in [1.54, 1.807) is 4.68 Å². The zero-order valence-corrected chi connectivity index (χ0v) is 11.0. The summed E-state index contributed by atoms with van der Waals surface area (Å²) in [5, 5.41) is 0. The van der Waals surface area contributed by atoms with Gasteiger partial charge in [-0.3, -0.25) is 9.48 Å². The molecule has 1 heterocycles. The third-order valence-corrected chi connectivity index (χ3v) is 2.84. The average molecular weight is 225 g/mol. The third-order valence-electron chi connectivity index (χ3n) is 2.84. The summed E-state index contributed by atoms with van der Waals surface area (Å²) in [6.07, 6.45) is 2.07. The molecule has 0 fully saturated rings. The van der Waals surface area contributed by atoms with E-state index in [4.69, 9.17) is 5.73 Å². The smallest absolute Gasteiger partial charge is 0.290 e. The summed E-state index contributed by atoms with van der Waals surface area (Å²) in [7, 11) is 1.91. The van der Waals surface area contributed by atoms with Crippen molar-refractivity contribution in [2.24, 2.45) is 7.05 Å². The topological polar surface area (TPSA) is 52.9 Å². The largest absolute Gasteiger partial charge is 0.393 e. The Bertz CT molecular complexity index is 421. The molecule has 16 heavy (non-hydrogen) atoms. The summed E-state index contributed by atoms with van der Waals surface area (Å²) >= 11 is 0. The van der Waals surface area contributed by atoms with Crippen molar-refractivity contribution < 1.29 is 0 Å². The van der Waals surface area contributed by atoms with Crippen LogP contribution in [0.3, 0.4) is 0 Å². The van der Waals surface area contributed by atoms with Crippen LogP contribution in [0.2, 0.25) is 0 Å². The van der Waals surface area contributed by atoms with Crippen molar-refractivity contribution in [3.63, 3.8) is 0 Å². The summed E-state index contributed by atoms with van der Waals surface area (Å²) < 4.78 is 3.65. The van der Waals surface area contributed by atoms with E-state index < -0.39 is 0 Å². The number of hydrogen-bond acceptors (Lipinski definition) is 2. The summed E-state index contributed by atoms with van der Waals surface area (Å²) in [6, 6.07) is 0. The Kier molecular flexibility index (Phi) is 3.51. The van der Waals surface area contributed by atoms with E-state index in [0.717, 1.165) is 25.1 Å². The molecule has 0 aliphatic rings. The highest BCUT2D eigenvalue weighted by molar-refractivity contribution is 5.45. The van der Waals surface area contributed by atoms with Gasteiger partial charge in [0.2, 0.25) is 0 Å². The molecule has 0 aliphatic carbocycles. The van der Waals surface area contributed by atoms with E-state index in [1.165, 1.54) is 0 Å². The Morgan fingerprint density at radius 1 is 1.31 bits per heavy atom. The normalized spacial score (nSPS) is 12.1. The van der Waals surface area contributed by atoms with Gasteiger partial charge < -0.3 is 5.73 Å². The molecule has 0 saturated carbocycles. The van der Waals surface area contributed by atoms with Gasteiger partial charge in [0, 0.05) is 19.0 Å². The van der Waals surface area contributed by atoms with Crippen molar-refractivity contribution in [2.75, 3.05) is 5.73 Å². The van der Waals surface area contributed by atoms with Gasteiger partial charge in [0.25, 0.3) is 5.56 Å². The average Bonchev–Trinajstić information content (AvgIpc) is 2.35. The van der Waals surface area contributed by atoms with Crippen molar-refractivity contribution in [2.45, 2.75) is 52.5 Å². The quantitative estimate of drug-likeness (QED) is 0.853. The zero-order valence-electron chi connectivity index (χ0n) is 11.0. The Labute approximate surface area is 97.0 Å². The number of rotatable bonds is 3. The van der Waals surface area contributed by atoms with Crippen LogP contribution in [0.25, 0.3) is 0 Å². The first-order valence-electron chi connectivity index (χ1n) is 5.86. The van der Waals surface area contributed by atoms with Crippen LogP contribution in [0.1, 0.15) is 46.2 Å². The molecule has 0 unspecified atom stereocenters. The van der Waals surface area contributed by atoms with Crippen LogP contribution in [0, 0.1) is 0 Å².